The van der Waals surface area contributed by atoms with Gasteiger partial charge in [0.05, 0.1) is 0 Å². The van der Waals surface area contributed by atoms with E-state index in [1.54, 1.807) is 0 Å². The maximum absolute atomic E-state index is 4.42. The van der Waals surface area contributed by atoms with Gasteiger partial charge in [0.1, 0.15) is 5.82 Å². The van der Waals surface area contributed by atoms with Gasteiger partial charge in [0.25, 0.3) is 0 Å². The van der Waals surface area contributed by atoms with Gasteiger partial charge in [-0.05, 0) is 31.7 Å². The van der Waals surface area contributed by atoms with Gasteiger partial charge in [0, 0.05) is 29.3 Å². The number of nitrogens with one attached hydrogen (secondary N) is 1. The molecule has 1 saturated carbocycles. The molecule has 18 heavy (non-hydrogen) atoms. The van der Waals surface area contributed by atoms with Crippen LogP contribution in [0.5, 0.6) is 0 Å². The Morgan fingerprint density at radius 2 is 2.33 bits per heavy atom. The second kappa shape index (κ2) is 7.03. The van der Waals surface area contributed by atoms with Crippen LogP contribution >= 0.6 is 11.8 Å². The first-order chi connectivity index (χ1) is 8.79. The van der Waals surface area contributed by atoms with Crippen molar-refractivity contribution in [1.82, 2.24) is 4.98 Å². The summed E-state index contributed by atoms with van der Waals surface area (Å²) in [6, 6.07) is 4.24. The Hall–Kier alpha value is -0.700. The van der Waals surface area contributed by atoms with Crippen molar-refractivity contribution in [2.45, 2.75) is 50.5 Å². The lowest BCUT2D eigenvalue weighted by molar-refractivity contribution is 0.394. The molecular formula is C15H24N2S. The molecule has 2 atom stereocenters. The molecule has 0 aliphatic heterocycles. The van der Waals surface area contributed by atoms with Crippen molar-refractivity contribution in [3.63, 3.8) is 0 Å². The van der Waals surface area contributed by atoms with Crippen LogP contribution < -0.4 is 5.32 Å². The van der Waals surface area contributed by atoms with Crippen molar-refractivity contribution < 1.29 is 0 Å². The van der Waals surface area contributed by atoms with Crippen LogP contribution in [-0.4, -0.2) is 16.8 Å². The molecule has 1 aromatic rings. The minimum Gasteiger partial charge on any atom is -0.370 e. The number of pyridine rings is 1. The summed E-state index contributed by atoms with van der Waals surface area (Å²) in [4.78, 5) is 4.42. The predicted octanol–water partition coefficient (Wildman–Crippen LogP) is 4.33. The van der Waals surface area contributed by atoms with Crippen molar-refractivity contribution in [3.05, 3.63) is 23.9 Å². The van der Waals surface area contributed by atoms with Crippen LogP contribution in [0.15, 0.2) is 18.3 Å². The average Bonchev–Trinajstić information content (AvgIpc) is 2.38. The number of hydrogen-bond acceptors (Lipinski definition) is 3. The third-order valence-electron chi connectivity index (χ3n) is 3.60. The maximum Gasteiger partial charge on any atom is 0.129 e. The normalized spacial score (nSPS) is 23.9. The van der Waals surface area contributed by atoms with E-state index in [2.05, 4.69) is 42.0 Å². The van der Waals surface area contributed by atoms with Gasteiger partial charge in [-0.3, -0.25) is 0 Å². The monoisotopic (exact) mass is 264 g/mol. The zero-order chi connectivity index (χ0) is 12.8. The van der Waals surface area contributed by atoms with E-state index in [4.69, 9.17) is 0 Å². The Morgan fingerprint density at radius 3 is 3.11 bits per heavy atom. The molecule has 2 rings (SSSR count). The van der Waals surface area contributed by atoms with Crippen LogP contribution in [0.2, 0.25) is 0 Å². The van der Waals surface area contributed by atoms with Crippen LogP contribution in [-0.2, 0) is 5.75 Å². The van der Waals surface area contributed by atoms with Crippen LogP contribution in [0.3, 0.4) is 0 Å². The lowest BCUT2D eigenvalue weighted by Gasteiger charge is -2.26. The van der Waals surface area contributed by atoms with Gasteiger partial charge >= 0.3 is 0 Å². The number of thioether (sulfide) groups is 1. The maximum atomic E-state index is 4.42. The van der Waals surface area contributed by atoms with Crippen molar-refractivity contribution in [1.29, 1.82) is 0 Å². The van der Waals surface area contributed by atoms with E-state index < -0.39 is 0 Å². The van der Waals surface area contributed by atoms with E-state index in [1.165, 1.54) is 31.2 Å². The minimum absolute atomic E-state index is 0.850. The fourth-order valence-electron chi connectivity index (χ4n) is 2.62. The first-order valence-corrected chi connectivity index (χ1v) is 8.13. The van der Waals surface area contributed by atoms with Crippen molar-refractivity contribution in [2.24, 2.45) is 5.92 Å². The molecule has 1 heterocycles. The van der Waals surface area contributed by atoms with Crippen molar-refractivity contribution in [3.8, 4) is 0 Å². The quantitative estimate of drug-likeness (QED) is 0.857. The Labute approximate surface area is 115 Å². The molecule has 1 N–H and O–H groups in total. The molecule has 0 amide bonds. The van der Waals surface area contributed by atoms with Crippen LogP contribution in [0.4, 0.5) is 5.82 Å². The highest BCUT2D eigenvalue weighted by molar-refractivity contribution is 7.99. The molecule has 2 nitrogen and oxygen atoms in total. The molecule has 0 aromatic carbocycles. The lowest BCUT2D eigenvalue weighted by Crippen LogP contribution is -2.15. The fourth-order valence-corrected chi connectivity index (χ4v) is 4.07. The summed E-state index contributed by atoms with van der Waals surface area (Å²) < 4.78 is 0. The Balaban J connectivity index is 1.89. The SMILES string of the molecule is CCNc1ncccc1CSC1CCCC(C)C1. The molecule has 2 unspecified atom stereocenters. The zero-order valence-electron chi connectivity index (χ0n) is 11.5. The molecule has 1 aromatic heterocycles. The molecule has 3 heteroatoms. The van der Waals surface area contributed by atoms with Gasteiger partial charge < -0.3 is 5.32 Å². The predicted molar refractivity (Wildman–Crippen MR) is 81.1 cm³/mol. The van der Waals surface area contributed by atoms with Gasteiger partial charge in [0.15, 0.2) is 0 Å². The van der Waals surface area contributed by atoms with E-state index >= 15 is 0 Å². The van der Waals surface area contributed by atoms with E-state index in [1.807, 2.05) is 12.3 Å². The minimum atomic E-state index is 0.850. The Bertz CT molecular complexity index is 367. The second-order valence-corrected chi connectivity index (χ2v) is 6.53. The molecule has 0 spiro atoms. The topological polar surface area (TPSA) is 24.9 Å². The number of anilines is 1. The van der Waals surface area contributed by atoms with Gasteiger partial charge in [-0.15, -0.1) is 0 Å². The summed E-state index contributed by atoms with van der Waals surface area (Å²) in [5, 5.41) is 4.20. The summed E-state index contributed by atoms with van der Waals surface area (Å²) in [5.41, 5.74) is 1.35. The molecule has 0 radical (unpaired) electrons. The van der Waals surface area contributed by atoms with Crippen LogP contribution in [0.1, 0.15) is 45.1 Å². The van der Waals surface area contributed by atoms with Gasteiger partial charge in [-0.1, -0.05) is 25.8 Å². The number of rotatable bonds is 5. The van der Waals surface area contributed by atoms with Gasteiger partial charge in [0.2, 0.25) is 0 Å². The first kappa shape index (κ1) is 13.7. The highest BCUT2D eigenvalue weighted by Crippen LogP contribution is 2.34. The second-order valence-electron chi connectivity index (χ2n) is 5.25. The standard InChI is InChI=1S/C15H24N2S/c1-3-16-15-13(7-5-9-17-15)11-18-14-8-4-6-12(2)10-14/h5,7,9,12,14H,3-4,6,8,10-11H2,1-2H3,(H,16,17). The molecule has 1 aliphatic carbocycles. The first-order valence-electron chi connectivity index (χ1n) is 7.09. The van der Waals surface area contributed by atoms with Crippen LogP contribution in [0, 0.1) is 5.92 Å². The summed E-state index contributed by atoms with van der Waals surface area (Å²) in [7, 11) is 0. The third kappa shape index (κ3) is 3.91. The molecule has 0 saturated heterocycles. The smallest absolute Gasteiger partial charge is 0.129 e. The van der Waals surface area contributed by atoms with Gasteiger partial charge in [-0.2, -0.15) is 11.8 Å². The van der Waals surface area contributed by atoms with E-state index in [9.17, 15) is 0 Å². The fraction of sp³-hybridized carbons (Fsp3) is 0.667. The summed E-state index contributed by atoms with van der Waals surface area (Å²) in [6.45, 7) is 5.45. The Morgan fingerprint density at radius 1 is 1.44 bits per heavy atom. The number of aromatic nitrogens is 1. The number of nitrogens with zero attached hydrogens (tertiary/aromatic N) is 1. The summed E-state index contributed by atoms with van der Waals surface area (Å²) >= 11 is 2.11. The van der Waals surface area contributed by atoms with E-state index in [-0.39, 0.29) is 0 Å². The highest BCUT2D eigenvalue weighted by atomic mass is 32.2. The third-order valence-corrected chi connectivity index (χ3v) is 4.98. The van der Waals surface area contributed by atoms with E-state index in [0.717, 1.165) is 29.3 Å². The molecular weight excluding hydrogens is 240 g/mol. The molecule has 1 fully saturated rings. The lowest BCUT2D eigenvalue weighted by atomic mass is 9.91. The largest absolute Gasteiger partial charge is 0.370 e. The highest BCUT2D eigenvalue weighted by Gasteiger charge is 2.19. The van der Waals surface area contributed by atoms with Crippen molar-refractivity contribution in [2.75, 3.05) is 11.9 Å². The zero-order valence-corrected chi connectivity index (χ0v) is 12.3. The summed E-state index contributed by atoms with van der Waals surface area (Å²) in [5.74, 6) is 3.07. The Kier molecular flexibility index (Phi) is 5.36. The average molecular weight is 264 g/mol. The van der Waals surface area contributed by atoms with Crippen molar-refractivity contribution >= 4 is 17.6 Å². The van der Waals surface area contributed by atoms with Crippen LogP contribution in [0.25, 0.3) is 0 Å². The molecule has 0 bridgehead atoms. The number of hydrogen-bond donors (Lipinski definition) is 1. The van der Waals surface area contributed by atoms with Gasteiger partial charge in [-0.25, -0.2) is 4.98 Å². The van der Waals surface area contributed by atoms with E-state index in [0.29, 0.717) is 0 Å². The molecule has 100 valence electrons. The molecule has 1 aliphatic rings. The summed E-state index contributed by atoms with van der Waals surface area (Å²) in [6.07, 6.45) is 7.49.